The third-order valence-corrected chi connectivity index (χ3v) is 4.33. The lowest BCUT2D eigenvalue weighted by Gasteiger charge is -2.29. The van der Waals surface area contributed by atoms with Crippen molar-refractivity contribution in [3.8, 4) is 0 Å². The fraction of sp³-hybridized carbons (Fsp3) is 0.933. The predicted molar refractivity (Wildman–Crippen MR) is 77.5 cm³/mol. The van der Waals surface area contributed by atoms with Crippen LogP contribution >= 0.6 is 0 Å². The standard InChI is InChI=1S/C15H28N2O3/c18-8-10-20-9-2-7-16-15(19)17-14-4-1-3-13(11-14)12-5-6-12/h12-14,18H,1-11H2,(H2,16,17,19). The molecule has 2 amide bonds. The molecule has 5 heteroatoms. The third-order valence-electron chi connectivity index (χ3n) is 4.33. The van der Waals surface area contributed by atoms with E-state index in [-0.39, 0.29) is 12.6 Å². The number of amides is 2. The average molecular weight is 284 g/mol. The largest absolute Gasteiger partial charge is 0.394 e. The number of aliphatic hydroxyl groups excluding tert-OH is 1. The molecule has 2 fully saturated rings. The topological polar surface area (TPSA) is 70.6 Å². The Bertz CT molecular complexity index is 295. The van der Waals surface area contributed by atoms with Gasteiger partial charge in [0.1, 0.15) is 0 Å². The Balaban J connectivity index is 1.52. The second-order valence-corrected chi connectivity index (χ2v) is 6.05. The van der Waals surface area contributed by atoms with E-state index in [9.17, 15) is 4.79 Å². The first kappa shape index (κ1) is 15.6. The minimum Gasteiger partial charge on any atom is -0.394 e. The summed E-state index contributed by atoms with van der Waals surface area (Å²) in [6.45, 7) is 1.62. The summed E-state index contributed by atoms with van der Waals surface area (Å²) in [5.41, 5.74) is 0. The molecule has 0 aromatic heterocycles. The summed E-state index contributed by atoms with van der Waals surface area (Å²) in [6.07, 6.45) is 8.47. The fourth-order valence-electron chi connectivity index (χ4n) is 3.13. The SMILES string of the molecule is O=C(NCCCOCCO)NC1CCCC(C2CC2)C1. The van der Waals surface area contributed by atoms with Gasteiger partial charge in [-0.05, 0) is 43.9 Å². The lowest BCUT2D eigenvalue weighted by atomic mass is 9.83. The molecule has 3 N–H and O–H groups in total. The van der Waals surface area contributed by atoms with Gasteiger partial charge in [0.15, 0.2) is 0 Å². The summed E-state index contributed by atoms with van der Waals surface area (Å²) in [7, 11) is 0. The molecule has 0 radical (unpaired) electrons. The second-order valence-electron chi connectivity index (χ2n) is 6.05. The Hall–Kier alpha value is -0.810. The highest BCUT2D eigenvalue weighted by Crippen LogP contribution is 2.43. The zero-order valence-electron chi connectivity index (χ0n) is 12.3. The van der Waals surface area contributed by atoms with Gasteiger partial charge in [-0.15, -0.1) is 0 Å². The van der Waals surface area contributed by atoms with E-state index in [1.165, 1.54) is 25.7 Å². The first-order valence-corrected chi connectivity index (χ1v) is 8.02. The van der Waals surface area contributed by atoms with Gasteiger partial charge in [0.2, 0.25) is 0 Å². The van der Waals surface area contributed by atoms with Crippen molar-refractivity contribution < 1.29 is 14.6 Å². The minimum absolute atomic E-state index is 0.0476. The van der Waals surface area contributed by atoms with Crippen molar-refractivity contribution in [1.29, 1.82) is 0 Å². The maximum atomic E-state index is 11.8. The van der Waals surface area contributed by atoms with E-state index in [0.29, 0.717) is 25.8 Å². The highest BCUT2D eigenvalue weighted by molar-refractivity contribution is 5.74. The van der Waals surface area contributed by atoms with Gasteiger partial charge >= 0.3 is 6.03 Å². The Morgan fingerprint density at radius 1 is 1.15 bits per heavy atom. The van der Waals surface area contributed by atoms with Crippen molar-refractivity contribution in [2.45, 2.75) is 51.0 Å². The molecule has 2 rings (SSSR count). The van der Waals surface area contributed by atoms with E-state index < -0.39 is 0 Å². The van der Waals surface area contributed by atoms with Crippen LogP contribution in [0.1, 0.15) is 44.9 Å². The molecule has 0 saturated heterocycles. The number of hydrogen-bond acceptors (Lipinski definition) is 3. The van der Waals surface area contributed by atoms with Crippen molar-refractivity contribution >= 4 is 6.03 Å². The van der Waals surface area contributed by atoms with Crippen LogP contribution in [-0.4, -0.2) is 43.5 Å². The third kappa shape index (κ3) is 5.67. The minimum atomic E-state index is -0.0476. The molecule has 2 aliphatic rings. The van der Waals surface area contributed by atoms with E-state index >= 15 is 0 Å². The lowest BCUT2D eigenvalue weighted by molar-refractivity contribution is 0.0909. The number of urea groups is 1. The van der Waals surface area contributed by atoms with Crippen LogP contribution in [0.5, 0.6) is 0 Å². The highest BCUT2D eigenvalue weighted by atomic mass is 16.5. The van der Waals surface area contributed by atoms with Gasteiger partial charge < -0.3 is 20.5 Å². The van der Waals surface area contributed by atoms with Gasteiger partial charge in [0.25, 0.3) is 0 Å². The average Bonchev–Trinajstić information content (AvgIpc) is 3.27. The maximum absolute atomic E-state index is 11.8. The van der Waals surface area contributed by atoms with Gasteiger partial charge in [-0.1, -0.05) is 12.8 Å². The molecule has 2 saturated carbocycles. The Labute approximate surface area is 121 Å². The monoisotopic (exact) mass is 284 g/mol. The summed E-state index contributed by atoms with van der Waals surface area (Å²) in [6, 6.07) is 0.314. The molecule has 0 heterocycles. The van der Waals surface area contributed by atoms with Crippen LogP contribution in [0.15, 0.2) is 0 Å². The van der Waals surface area contributed by atoms with Crippen LogP contribution < -0.4 is 10.6 Å². The van der Waals surface area contributed by atoms with Crippen LogP contribution in [0.2, 0.25) is 0 Å². The number of rotatable bonds is 8. The van der Waals surface area contributed by atoms with E-state index in [4.69, 9.17) is 9.84 Å². The summed E-state index contributed by atoms with van der Waals surface area (Å²) in [4.78, 5) is 11.8. The molecule has 2 unspecified atom stereocenters. The molecule has 20 heavy (non-hydrogen) atoms. The molecule has 2 aliphatic carbocycles. The number of carbonyl (C=O) groups excluding carboxylic acids is 1. The highest BCUT2D eigenvalue weighted by Gasteiger charge is 2.34. The van der Waals surface area contributed by atoms with Crippen molar-refractivity contribution in [2.75, 3.05) is 26.4 Å². The molecule has 5 nitrogen and oxygen atoms in total. The zero-order chi connectivity index (χ0) is 14.2. The van der Waals surface area contributed by atoms with E-state index in [2.05, 4.69) is 10.6 Å². The van der Waals surface area contributed by atoms with Crippen LogP contribution in [-0.2, 0) is 4.74 Å². The van der Waals surface area contributed by atoms with E-state index in [1.807, 2.05) is 0 Å². The molecule has 0 aromatic rings. The number of ether oxygens (including phenoxy) is 1. The molecule has 0 aromatic carbocycles. The summed E-state index contributed by atoms with van der Waals surface area (Å²) < 4.78 is 5.14. The van der Waals surface area contributed by atoms with Gasteiger partial charge in [0.05, 0.1) is 13.2 Å². The first-order valence-electron chi connectivity index (χ1n) is 8.02. The van der Waals surface area contributed by atoms with Crippen LogP contribution in [0.4, 0.5) is 4.79 Å². The summed E-state index contributed by atoms with van der Waals surface area (Å²) in [5.74, 6) is 1.80. The summed E-state index contributed by atoms with van der Waals surface area (Å²) in [5, 5.41) is 14.5. The van der Waals surface area contributed by atoms with Crippen LogP contribution in [0.3, 0.4) is 0 Å². The maximum Gasteiger partial charge on any atom is 0.315 e. The summed E-state index contributed by atoms with van der Waals surface area (Å²) >= 11 is 0. The smallest absolute Gasteiger partial charge is 0.315 e. The zero-order valence-corrected chi connectivity index (χ0v) is 12.3. The molecule has 2 atom stereocenters. The van der Waals surface area contributed by atoms with E-state index in [0.717, 1.165) is 31.1 Å². The van der Waals surface area contributed by atoms with Gasteiger partial charge in [-0.2, -0.15) is 0 Å². The Morgan fingerprint density at radius 3 is 2.75 bits per heavy atom. The van der Waals surface area contributed by atoms with Crippen molar-refractivity contribution in [2.24, 2.45) is 11.8 Å². The van der Waals surface area contributed by atoms with Crippen LogP contribution in [0, 0.1) is 11.8 Å². The molecule has 0 spiro atoms. The lowest BCUT2D eigenvalue weighted by Crippen LogP contribution is -2.44. The molecule has 0 bridgehead atoms. The number of aliphatic hydroxyl groups is 1. The molecule has 116 valence electrons. The van der Waals surface area contributed by atoms with Crippen LogP contribution in [0.25, 0.3) is 0 Å². The van der Waals surface area contributed by atoms with Gasteiger partial charge in [-0.25, -0.2) is 4.79 Å². The predicted octanol–water partition coefficient (Wildman–Crippen LogP) is 1.65. The number of hydrogen-bond donors (Lipinski definition) is 3. The van der Waals surface area contributed by atoms with Gasteiger partial charge in [-0.3, -0.25) is 0 Å². The van der Waals surface area contributed by atoms with Crippen molar-refractivity contribution in [3.05, 3.63) is 0 Å². The first-order chi connectivity index (χ1) is 9.79. The quantitative estimate of drug-likeness (QED) is 0.594. The molecular formula is C15H28N2O3. The van der Waals surface area contributed by atoms with Crippen molar-refractivity contribution in [1.82, 2.24) is 10.6 Å². The molecule has 0 aliphatic heterocycles. The Morgan fingerprint density at radius 2 is 2.00 bits per heavy atom. The van der Waals surface area contributed by atoms with Crippen molar-refractivity contribution in [3.63, 3.8) is 0 Å². The van der Waals surface area contributed by atoms with E-state index in [1.54, 1.807) is 0 Å². The number of nitrogens with one attached hydrogen (secondary N) is 2. The second kappa shape index (κ2) is 8.47. The Kier molecular flexibility index (Phi) is 6.60. The normalized spacial score (nSPS) is 26.2. The van der Waals surface area contributed by atoms with Gasteiger partial charge in [0, 0.05) is 19.2 Å². The number of carbonyl (C=O) groups is 1. The molecular weight excluding hydrogens is 256 g/mol. The fourth-order valence-corrected chi connectivity index (χ4v) is 3.13.